The van der Waals surface area contributed by atoms with Crippen LogP contribution in [0.5, 0.6) is 0 Å². The number of carbonyl (C=O) groups is 1. The fraction of sp³-hybridized carbons (Fsp3) is 0.133. The Balaban J connectivity index is 1.91. The molecule has 0 bridgehead atoms. The maximum Gasteiger partial charge on any atom is 0.224 e. The molecule has 2 nitrogen and oxygen atoms in total. The van der Waals surface area contributed by atoms with Gasteiger partial charge in [0.25, 0.3) is 0 Å². The second-order valence-corrected chi connectivity index (χ2v) is 5.45. The highest BCUT2D eigenvalue weighted by Gasteiger charge is 2.06. The van der Waals surface area contributed by atoms with Crippen molar-refractivity contribution in [2.75, 3.05) is 5.32 Å². The van der Waals surface area contributed by atoms with Gasteiger partial charge >= 0.3 is 0 Å². The fourth-order valence-electron chi connectivity index (χ4n) is 1.71. The number of amides is 1. The normalized spacial score (nSPS) is 10.2. The Labute approximate surface area is 125 Å². The summed E-state index contributed by atoms with van der Waals surface area (Å²) >= 11 is 9.22. The summed E-state index contributed by atoms with van der Waals surface area (Å²) in [6.45, 7) is 0. The van der Waals surface area contributed by atoms with E-state index in [1.165, 1.54) is 0 Å². The van der Waals surface area contributed by atoms with Crippen LogP contribution in [-0.2, 0) is 11.2 Å². The quantitative estimate of drug-likeness (QED) is 0.862. The van der Waals surface area contributed by atoms with E-state index in [-0.39, 0.29) is 5.91 Å². The minimum Gasteiger partial charge on any atom is -0.325 e. The average molecular weight is 339 g/mol. The van der Waals surface area contributed by atoms with Crippen LogP contribution in [0.1, 0.15) is 12.0 Å². The van der Waals surface area contributed by atoms with Gasteiger partial charge in [0.2, 0.25) is 5.91 Å². The topological polar surface area (TPSA) is 29.1 Å². The van der Waals surface area contributed by atoms with Crippen molar-refractivity contribution in [1.29, 1.82) is 0 Å². The highest BCUT2D eigenvalue weighted by molar-refractivity contribution is 9.10. The van der Waals surface area contributed by atoms with Crippen molar-refractivity contribution < 1.29 is 4.79 Å². The number of benzene rings is 2. The molecule has 0 heterocycles. The van der Waals surface area contributed by atoms with E-state index in [0.717, 1.165) is 22.1 Å². The minimum absolute atomic E-state index is 0.00752. The first-order valence-electron chi connectivity index (χ1n) is 5.94. The van der Waals surface area contributed by atoms with Gasteiger partial charge in [0.15, 0.2) is 0 Å². The zero-order valence-electron chi connectivity index (χ0n) is 10.2. The summed E-state index contributed by atoms with van der Waals surface area (Å²) in [6, 6.07) is 15.2. The maximum atomic E-state index is 11.9. The molecule has 1 N–H and O–H groups in total. The predicted molar refractivity (Wildman–Crippen MR) is 82.5 cm³/mol. The molecule has 0 saturated heterocycles. The number of hydrogen-bond acceptors (Lipinski definition) is 1. The van der Waals surface area contributed by atoms with Crippen molar-refractivity contribution in [1.82, 2.24) is 0 Å². The van der Waals surface area contributed by atoms with Crippen LogP contribution < -0.4 is 5.32 Å². The molecule has 0 atom stereocenters. The SMILES string of the molecule is O=C(CCc1ccccc1)Nc1ccc(Cl)cc1Br. The van der Waals surface area contributed by atoms with Crippen LogP contribution in [0.15, 0.2) is 53.0 Å². The second-order valence-electron chi connectivity index (χ2n) is 4.16. The summed E-state index contributed by atoms with van der Waals surface area (Å²) in [5.74, 6) is -0.00752. The highest BCUT2D eigenvalue weighted by atomic mass is 79.9. The van der Waals surface area contributed by atoms with Gasteiger partial charge in [-0.05, 0) is 46.1 Å². The first kappa shape index (κ1) is 14.1. The van der Waals surface area contributed by atoms with Gasteiger partial charge < -0.3 is 5.32 Å². The van der Waals surface area contributed by atoms with Crippen LogP contribution >= 0.6 is 27.5 Å². The Morgan fingerprint density at radius 1 is 1.16 bits per heavy atom. The van der Waals surface area contributed by atoms with Gasteiger partial charge in [-0.1, -0.05) is 41.9 Å². The van der Waals surface area contributed by atoms with Gasteiger partial charge in [0.1, 0.15) is 0 Å². The van der Waals surface area contributed by atoms with Gasteiger partial charge in [0.05, 0.1) is 5.69 Å². The van der Waals surface area contributed by atoms with Crippen molar-refractivity contribution in [2.45, 2.75) is 12.8 Å². The van der Waals surface area contributed by atoms with Gasteiger partial charge in [0, 0.05) is 15.9 Å². The summed E-state index contributed by atoms with van der Waals surface area (Å²) in [5.41, 5.74) is 1.90. The number of anilines is 1. The van der Waals surface area contributed by atoms with Crippen molar-refractivity contribution in [3.05, 3.63) is 63.6 Å². The smallest absolute Gasteiger partial charge is 0.224 e. The molecule has 1 amide bonds. The third kappa shape index (κ3) is 4.37. The Hall–Kier alpha value is -1.32. The van der Waals surface area contributed by atoms with Gasteiger partial charge in [-0.3, -0.25) is 4.79 Å². The zero-order valence-corrected chi connectivity index (χ0v) is 12.5. The standard InChI is InChI=1S/C15H13BrClNO/c16-13-10-12(17)7-8-14(13)18-15(19)9-6-11-4-2-1-3-5-11/h1-5,7-8,10H,6,9H2,(H,18,19). The molecule has 2 aromatic rings. The van der Waals surface area contributed by atoms with E-state index in [4.69, 9.17) is 11.6 Å². The number of halogens is 2. The largest absolute Gasteiger partial charge is 0.325 e. The molecule has 0 saturated carbocycles. The lowest BCUT2D eigenvalue weighted by Crippen LogP contribution is -2.12. The van der Waals surface area contributed by atoms with E-state index in [1.807, 2.05) is 30.3 Å². The third-order valence-electron chi connectivity index (χ3n) is 2.69. The van der Waals surface area contributed by atoms with Crippen LogP contribution in [0.3, 0.4) is 0 Å². The van der Waals surface area contributed by atoms with E-state index in [1.54, 1.807) is 18.2 Å². The number of nitrogens with one attached hydrogen (secondary N) is 1. The fourth-order valence-corrected chi connectivity index (χ4v) is 2.49. The summed E-state index contributed by atoms with van der Waals surface area (Å²) in [4.78, 5) is 11.9. The molecule has 2 rings (SSSR count). The zero-order chi connectivity index (χ0) is 13.7. The Kier molecular flexibility index (Phi) is 5.00. The summed E-state index contributed by atoms with van der Waals surface area (Å²) < 4.78 is 0.785. The molecule has 98 valence electrons. The van der Waals surface area contributed by atoms with Crippen LogP contribution in [-0.4, -0.2) is 5.91 Å². The molecule has 0 aliphatic heterocycles. The van der Waals surface area contributed by atoms with E-state index in [0.29, 0.717) is 11.4 Å². The predicted octanol–water partition coefficient (Wildman–Crippen LogP) is 4.67. The van der Waals surface area contributed by atoms with Gasteiger partial charge in [-0.25, -0.2) is 0 Å². The molecule has 0 aromatic heterocycles. The van der Waals surface area contributed by atoms with Crippen LogP contribution in [0.25, 0.3) is 0 Å². The molecular weight excluding hydrogens is 326 g/mol. The van der Waals surface area contributed by atoms with Gasteiger partial charge in [-0.15, -0.1) is 0 Å². The maximum absolute atomic E-state index is 11.9. The minimum atomic E-state index is -0.00752. The molecule has 0 radical (unpaired) electrons. The molecule has 0 spiro atoms. The van der Waals surface area contributed by atoms with Crippen molar-refractivity contribution in [3.63, 3.8) is 0 Å². The van der Waals surface area contributed by atoms with Crippen molar-refractivity contribution >= 4 is 39.1 Å². The van der Waals surface area contributed by atoms with E-state index < -0.39 is 0 Å². The van der Waals surface area contributed by atoms with Gasteiger partial charge in [-0.2, -0.15) is 0 Å². The Morgan fingerprint density at radius 2 is 1.89 bits per heavy atom. The Morgan fingerprint density at radius 3 is 2.58 bits per heavy atom. The summed E-state index contributed by atoms with van der Waals surface area (Å²) in [6.07, 6.45) is 1.19. The summed E-state index contributed by atoms with van der Waals surface area (Å²) in [7, 11) is 0. The highest BCUT2D eigenvalue weighted by Crippen LogP contribution is 2.26. The lowest BCUT2D eigenvalue weighted by atomic mass is 10.1. The van der Waals surface area contributed by atoms with Crippen molar-refractivity contribution in [2.24, 2.45) is 0 Å². The lowest BCUT2D eigenvalue weighted by molar-refractivity contribution is -0.116. The first-order valence-corrected chi connectivity index (χ1v) is 7.11. The van der Waals surface area contributed by atoms with Crippen molar-refractivity contribution in [3.8, 4) is 0 Å². The first-order chi connectivity index (χ1) is 9.15. The molecule has 0 unspecified atom stereocenters. The molecule has 0 fully saturated rings. The number of hydrogen-bond donors (Lipinski definition) is 1. The molecule has 4 heteroatoms. The third-order valence-corrected chi connectivity index (χ3v) is 3.58. The second kappa shape index (κ2) is 6.73. The lowest BCUT2D eigenvalue weighted by Gasteiger charge is -2.07. The van der Waals surface area contributed by atoms with Crippen LogP contribution in [0.2, 0.25) is 5.02 Å². The number of rotatable bonds is 4. The Bertz CT molecular complexity index is 572. The van der Waals surface area contributed by atoms with E-state index >= 15 is 0 Å². The molecule has 0 aliphatic carbocycles. The number of aryl methyl sites for hydroxylation is 1. The molecule has 0 aliphatic rings. The van der Waals surface area contributed by atoms with Crippen LogP contribution in [0, 0.1) is 0 Å². The monoisotopic (exact) mass is 337 g/mol. The van der Waals surface area contributed by atoms with E-state index in [2.05, 4.69) is 21.2 Å². The number of carbonyl (C=O) groups excluding carboxylic acids is 1. The van der Waals surface area contributed by atoms with Crippen LogP contribution in [0.4, 0.5) is 5.69 Å². The molecule has 19 heavy (non-hydrogen) atoms. The molecule has 2 aromatic carbocycles. The summed E-state index contributed by atoms with van der Waals surface area (Å²) in [5, 5.41) is 3.50. The van der Waals surface area contributed by atoms with E-state index in [9.17, 15) is 4.79 Å². The molecular formula is C15H13BrClNO. The average Bonchev–Trinajstić information content (AvgIpc) is 2.41.